The Labute approximate surface area is 106 Å². The van der Waals surface area contributed by atoms with Crippen molar-refractivity contribution in [3.8, 4) is 11.9 Å². The summed E-state index contributed by atoms with van der Waals surface area (Å²) < 4.78 is 5.81. The van der Waals surface area contributed by atoms with Crippen molar-refractivity contribution in [2.45, 2.75) is 18.9 Å². The number of nitrogens with zero attached hydrogens (tertiary/aromatic N) is 3. The monoisotopic (exact) mass is 247 g/mol. The molecule has 0 amide bonds. The van der Waals surface area contributed by atoms with E-state index in [1.165, 1.54) is 0 Å². The van der Waals surface area contributed by atoms with E-state index < -0.39 is 0 Å². The molecule has 1 unspecified atom stereocenters. The van der Waals surface area contributed by atoms with E-state index in [-0.39, 0.29) is 6.10 Å². The molecular weight excluding hydrogens is 234 g/mol. The predicted octanol–water partition coefficient (Wildman–Crippen LogP) is 1.75. The van der Waals surface area contributed by atoms with Crippen molar-refractivity contribution in [3.05, 3.63) is 23.9 Å². The summed E-state index contributed by atoms with van der Waals surface area (Å²) in [4.78, 5) is 6.92. The lowest BCUT2D eigenvalue weighted by Crippen LogP contribution is -2.33. The Hall–Kier alpha value is -1.67. The lowest BCUT2D eigenvalue weighted by atomic mass is 10.2. The highest BCUT2D eigenvalue weighted by atomic mass is 32.1. The number of nitriles is 1. The Balaban J connectivity index is 2.26. The summed E-state index contributed by atoms with van der Waals surface area (Å²) in [6.07, 6.45) is 2.83. The van der Waals surface area contributed by atoms with Gasteiger partial charge in [0.1, 0.15) is 11.1 Å². The van der Waals surface area contributed by atoms with Crippen molar-refractivity contribution in [1.82, 2.24) is 9.88 Å². The molecule has 5 heteroatoms. The molecule has 88 valence electrons. The van der Waals surface area contributed by atoms with Gasteiger partial charge in [0.05, 0.1) is 18.2 Å². The Kier molecular flexibility index (Phi) is 3.55. The van der Waals surface area contributed by atoms with Crippen LogP contribution in [-0.4, -0.2) is 34.6 Å². The molecule has 0 saturated heterocycles. The molecule has 0 N–H and O–H groups in total. The van der Waals surface area contributed by atoms with Gasteiger partial charge in [-0.3, -0.25) is 0 Å². The second kappa shape index (κ2) is 5.11. The number of likely N-dealkylation sites (N-methyl/N-ethyl adjacent to an activating group) is 1. The largest absolute Gasteiger partial charge is 0.472 e. The Morgan fingerprint density at radius 1 is 1.71 bits per heavy atom. The SMILES string of the molecule is CN1CC(CCC#N)Oc2ncccc2C1=S. The van der Waals surface area contributed by atoms with Crippen molar-refractivity contribution >= 4 is 17.2 Å². The molecule has 0 spiro atoms. The van der Waals surface area contributed by atoms with E-state index in [1.54, 1.807) is 6.20 Å². The highest BCUT2D eigenvalue weighted by molar-refractivity contribution is 7.80. The van der Waals surface area contributed by atoms with Gasteiger partial charge in [-0.1, -0.05) is 12.2 Å². The summed E-state index contributed by atoms with van der Waals surface area (Å²) >= 11 is 5.38. The summed E-state index contributed by atoms with van der Waals surface area (Å²) in [5.41, 5.74) is 0.851. The highest BCUT2D eigenvalue weighted by Crippen LogP contribution is 2.23. The van der Waals surface area contributed by atoms with E-state index in [1.807, 2.05) is 24.1 Å². The fourth-order valence-electron chi connectivity index (χ4n) is 1.81. The lowest BCUT2D eigenvalue weighted by Gasteiger charge is -2.20. The van der Waals surface area contributed by atoms with Gasteiger partial charge >= 0.3 is 0 Å². The topological polar surface area (TPSA) is 49.2 Å². The van der Waals surface area contributed by atoms with Crippen molar-refractivity contribution in [1.29, 1.82) is 5.26 Å². The van der Waals surface area contributed by atoms with E-state index in [0.29, 0.717) is 25.3 Å². The number of ether oxygens (including phenoxy) is 1. The highest BCUT2D eigenvalue weighted by Gasteiger charge is 2.24. The van der Waals surface area contributed by atoms with Gasteiger partial charge < -0.3 is 9.64 Å². The molecular formula is C12H13N3OS. The lowest BCUT2D eigenvalue weighted by molar-refractivity contribution is 0.167. The first kappa shape index (κ1) is 11.8. The van der Waals surface area contributed by atoms with E-state index in [4.69, 9.17) is 22.2 Å². The van der Waals surface area contributed by atoms with Crippen LogP contribution in [0.4, 0.5) is 0 Å². The molecule has 1 aliphatic heterocycles. The third-order valence-corrected chi connectivity index (χ3v) is 3.21. The third-order valence-electron chi connectivity index (χ3n) is 2.68. The molecule has 0 aliphatic carbocycles. The summed E-state index contributed by atoms with van der Waals surface area (Å²) in [5.74, 6) is 0.574. The van der Waals surface area contributed by atoms with Crippen LogP contribution in [0.15, 0.2) is 18.3 Å². The average Bonchev–Trinajstić information content (AvgIpc) is 2.46. The van der Waals surface area contributed by atoms with Gasteiger partial charge in [0.25, 0.3) is 0 Å². The molecule has 17 heavy (non-hydrogen) atoms. The number of hydrogen-bond donors (Lipinski definition) is 0. The molecule has 0 bridgehead atoms. The van der Waals surface area contributed by atoms with E-state index in [9.17, 15) is 0 Å². The second-order valence-electron chi connectivity index (χ2n) is 3.98. The van der Waals surface area contributed by atoms with Crippen molar-refractivity contribution in [2.75, 3.05) is 13.6 Å². The minimum atomic E-state index is -0.0336. The fraction of sp³-hybridized carbons (Fsp3) is 0.417. The van der Waals surface area contributed by atoms with Crippen molar-refractivity contribution in [3.63, 3.8) is 0 Å². The van der Waals surface area contributed by atoms with E-state index in [2.05, 4.69) is 11.1 Å². The van der Waals surface area contributed by atoms with Gasteiger partial charge in [-0.15, -0.1) is 0 Å². The quantitative estimate of drug-likeness (QED) is 0.745. The Bertz CT molecular complexity index is 469. The van der Waals surface area contributed by atoms with Crippen molar-refractivity contribution < 1.29 is 4.74 Å². The van der Waals surface area contributed by atoms with Crippen LogP contribution in [0.5, 0.6) is 5.88 Å². The van der Waals surface area contributed by atoms with Gasteiger partial charge in [0, 0.05) is 19.7 Å². The summed E-state index contributed by atoms with van der Waals surface area (Å²) in [6.45, 7) is 0.691. The fourth-order valence-corrected chi connectivity index (χ4v) is 2.04. The van der Waals surface area contributed by atoms with E-state index in [0.717, 1.165) is 10.6 Å². The predicted molar refractivity (Wildman–Crippen MR) is 67.8 cm³/mol. The number of pyridine rings is 1. The zero-order valence-corrected chi connectivity index (χ0v) is 10.4. The van der Waals surface area contributed by atoms with Gasteiger partial charge in [0.2, 0.25) is 5.88 Å². The van der Waals surface area contributed by atoms with Crippen LogP contribution < -0.4 is 4.74 Å². The van der Waals surface area contributed by atoms with Crippen LogP contribution in [0.3, 0.4) is 0 Å². The van der Waals surface area contributed by atoms with Gasteiger partial charge in [0.15, 0.2) is 0 Å². The molecule has 2 heterocycles. The number of rotatable bonds is 2. The normalized spacial score (nSPS) is 18.9. The van der Waals surface area contributed by atoms with Crippen LogP contribution in [0.25, 0.3) is 0 Å². The first-order valence-corrected chi connectivity index (χ1v) is 5.87. The molecule has 0 radical (unpaired) electrons. The summed E-state index contributed by atoms with van der Waals surface area (Å²) in [5, 5.41) is 8.62. The maximum Gasteiger partial charge on any atom is 0.224 e. The molecule has 1 atom stereocenters. The second-order valence-corrected chi connectivity index (χ2v) is 4.37. The minimum Gasteiger partial charge on any atom is -0.472 e. The zero-order valence-electron chi connectivity index (χ0n) is 9.59. The average molecular weight is 247 g/mol. The molecule has 0 fully saturated rings. The van der Waals surface area contributed by atoms with Crippen molar-refractivity contribution in [2.24, 2.45) is 0 Å². The smallest absolute Gasteiger partial charge is 0.224 e. The Morgan fingerprint density at radius 3 is 3.29 bits per heavy atom. The van der Waals surface area contributed by atoms with Crippen LogP contribution >= 0.6 is 12.2 Å². The third kappa shape index (κ3) is 2.53. The molecule has 2 rings (SSSR count). The van der Waals surface area contributed by atoms with Crippen LogP contribution in [0.1, 0.15) is 18.4 Å². The number of hydrogen-bond acceptors (Lipinski definition) is 4. The molecule has 4 nitrogen and oxygen atoms in total. The number of fused-ring (bicyclic) bond motifs is 1. The summed E-state index contributed by atoms with van der Waals surface area (Å²) in [6, 6.07) is 5.89. The maximum absolute atomic E-state index is 8.62. The molecule has 1 aliphatic rings. The Morgan fingerprint density at radius 2 is 2.53 bits per heavy atom. The molecule has 0 saturated carbocycles. The van der Waals surface area contributed by atoms with Gasteiger partial charge in [-0.05, 0) is 18.6 Å². The number of aromatic nitrogens is 1. The van der Waals surface area contributed by atoms with Crippen LogP contribution in [0, 0.1) is 11.3 Å². The molecule has 1 aromatic rings. The number of thiocarbonyl (C=S) groups is 1. The van der Waals surface area contributed by atoms with Gasteiger partial charge in [-0.25, -0.2) is 4.98 Å². The summed E-state index contributed by atoms with van der Waals surface area (Å²) in [7, 11) is 1.94. The molecule has 1 aromatic heterocycles. The van der Waals surface area contributed by atoms with E-state index >= 15 is 0 Å². The first-order chi connectivity index (χ1) is 8.22. The molecule has 0 aromatic carbocycles. The minimum absolute atomic E-state index is 0.0336. The maximum atomic E-state index is 8.62. The zero-order chi connectivity index (χ0) is 12.3. The van der Waals surface area contributed by atoms with Crippen LogP contribution in [0.2, 0.25) is 0 Å². The standard InChI is InChI=1S/C12H13N3OS/c1-15-8-9(4-2-6-13)16-11-10(12(15)17)5-3-7-14-11/h3,5,7,9H,2,4,8H2,1H3. The van der Waals surface area contributed by atoms with Gasteiger partial charge in [-0.2, -0.15) is 5.26 Å². The van der Waals surface area contributed by atoms with Crippen LogP contribution in [-0.2, 0) is 0 Å². The first-order valence-electron chi connectivity index (χ1n) is 5.46.